The van der Waals surface area contributed by atoms with Gasteiger partial charge in [0.1, 0.15) is 19.3 Å². The van der Waals surface area contributed by atoms with Gasteiger partial charge in [0.15, 0.2) is 0 Å². The minimum atomic E-state index is -0.992. The van der Waals surface area contributed by atoms with Gasteiger partial charge in [0, 0.05) is 18.9 Å². The highest BCUT2D eigenvalue weighted by Crippen LogP contribution is 2.44. The molecule has 2 unspecified atom stereocenters. The van der Waals surface area contributed by atoms with Crippen molar-refractivity contribution < 1.29 is 38.5 Å². The van der Waals surface area contributed by atoms with Gasteiger partial charge in [0.05, 0.1) is 31.3 Å². The van der Waals surface area contributed by atoms with E-state index in [2.05, 4.69) is 41.2 Å². The van der Waals surface area contributed by atoms with E-state index in [9.17, 15) is 19.2 Å². The molecule has 0 spiro atoms. The van der Waals surface area contributed by atoms with Gasteiger partial charge in [0.25, 0.3) is 0 Å². The van der Waals surface area contributed by atoms with Gasteiger partial charge in [-0.2, -0.15) is 0 Å². The standard InChI is InChI=1S/C36H47N3O8/c1-5-7-17-31(38-35(44)46-23-30-28-15-10-8-13-26(28)27-14-9-11-16-29(27)30)34(43)47-24-36(3,4)39-33(42)25(12-6-2)22-32(41)37-18-20-45-21-19-40/h5-6,8-11,13-16,25,30-31,40H,1-2,7,12,17-24H2,3-4H3,(H,37,41)(H,38,44)(H,39,42). The van der Waals surface area contributed by atoms with Crippen molar-refractivity contribution in [2.24, 2.45) is 5.92 Å². The monoisotopic (exact) mass is 649 g/mol. The molecule has 11 heteroatoms. The lowest BCUT2D eigenvalue weighted by Crippen LogP contribution is -2.51. The molecule has 1 aliphatic rings. The molecule has 0 bridgehead atoms. The van der Waals surface area contributed by atoms with E-state index in [1.165, 1.54) is 0 Å². The predicted octanol–water partition coefficient (Wildman–Crippen LogP) is 4.01. The van der Waals surface area contributed by atoms with Crippen molar-refractivity contribution >= 4 is 23.9 Å². The molecule has 0 aromatic heterocycles. The molecular formula is C36H47N3O8. The van der Waals surface area contributed by atoms with Crippen molar-refractivity contribution in [1.29, 1.82) is 0 Å². The Morgan fingerprint density at radius 2 is 1.62 bits per heavy atom. The first-order valence-corrected chi connectivity index (χ1v) is 15.9. The SMILES string of the molecule is C=CCCC(NC(=O)OCC1c2ccccc2-c2ccccc21)C(=O)OCC(C)(C)NC(=O)C(CC=C)CC(=O)NCCOCCO. The molecule has 2 atom stereocenters. The highest BCUT2D eigenvalue weighted by molar-refractivity contribution is 5.86. The fourth-order valence-corrected chi connectivity index (χ4v) is 5.35. The quantitative estimate of drug-likeness (QED) is 0.0955. The van der Waals surface area contributed by atoms with Gasteiger partial charge >= 0.3 is 12.1 Å². The number of aliphatic hydroxyl groups excluding tert-OH is 1. The van der Waals surface area contributed by atoms with Gasteiger partial charge in [0.2, 0.25) is 11.8 Å². The van der Waals surface area contributed by atoms with Crippen molar-refractivity contribution in [3.63, 3.8) is 0 Å². The van der Waals surface area contributed by atoms with Crippen LogP contribution in [0, 0.1) is 5.92 Å². The maximum atomic E-state index is 13.1. The molecule has 254 valence electrons. The Morgan fingerprint density at radius 1 is 0.957 bits per heavy atom. The van der Waals surface area contributed by atoms with Crippen LogP contribution >= 0.6 is 0 Å². The Morgan fingerprint density at radius 3 is 2.23 bits per heavy atom. The van der Waals surface area contributed by atoms with Gasteiger partial charge in [-0.05, 0) is 55.4 Å². The zero-order valence-corrected chi connectivity index (χ0v) is 27.3. The first kappa shape index (κ1) is 37.0. The van der Waals surface area contributed by atoms with E-state index in [1.54, 1.807) is 26.0 Å². The number of rotatable bonds is 20. The first-order valence-electron chi connectivity index (χ1n) is 15.9. The third kappa shape index (κ3) is 11.4. The Kier molecular flexibility index (Phi) is 14.6. The summed E-state index contributed by atoms with van der Waals surface area (Å²) in [5.74, 6) is -2.20. The summed E-state index contributed by atoms with van der Waals surface area (Å²) in [6, 6.07) is 15.0. The van der Waals surface area contributed by atoms with Crippen molar-refractivity contribution in [3.8, 4) is 11.1 Å². The van der Waals surface area contributed by atoms with Crippen LogP contribution in [0.4, 0.5) is 4.79 Å². The number of amides is 3. The molecule has 0 saturated carbocycles. The molecule has 4 N–H and O–H groups in total. The Balaban J connectivity index is 1.52. The van der Waals surface area contributed by atoms with Crippen LogP contribution in [0.15, 0.2) is 73.8 Å². The van der Waals surface area contributed by atoms with E-state index in [-0.39, 0.29) is 70.7 Å². The van der Waals surface area contributed by atoms with E-state index >= 15 is 0 Å². The second-order valence-corrected chi connectivity index (χ2v) is 12.0. The van der Waals surface area contributed by atoms with Gasteiger partial charge in [-0.3, -0.25) is 9.59 Å². The van der Waals surface area contributed by atoms with Crippen LogP contribution in [0.2, 0.25) is 0 Å². The number of hydrogen-bond donors (Lipinski definition) is 4. The lowest BCUT2D eigenvalue weighted by Gasteiger charge is -2.29. The minimum absolute atomic E-state index is 0.0680. The minimum Gasteiger partial charge on any atom is -0.462 e. The van der Waals surface area contributed by atoms with E-state index in [1.807, 2.05) is 36.4 Å². The molecule has 0 heterocycles. The summed E-state index contributed by atoms with van der Waals surface area (Å²) < 4.78 is 16.3. The number of carbonyl (C=O) groups is 4. The Labute approximate surface area is 276 Å². The normalized spacial score (nSPS) is 13.3. The van der Waals surface area contributed by atoms with E-state index in [0.717, 1.165) is 22.3 Å². The summed E-state index contributed by atoms with van der Waals surface area (Å²) >= 11 is 0. The summed E-state index contributed by atoms with van der Waals surface area (Å²) in [7, 11) is 0. The van der Waals surface area contributed by atoms with Crippen molar-refractivity contribution in [2.75, 3.05) is 39.6 Å². The Hall–Kier alpha value is -4.48. The predicted molar refractivity (Wildman–Crippen MR) is 178 cm³/mol. The number of ether oxygens (including phenoxy) is 3. The van der Waals surface area contributed by atoms with Crippen molar-refractivity contribution in [2.45, 2.75) is 57.0 Å². The third-order valence-corrected chi connectivity index (χ3v) is 7.67. The lowest BCUT2D eigenvalue weighted by atomic mass is 9.97. The van der Waals surface area contributed by atoms with Crippen LogP contribution in [0.3, 0.4) is 0 Å². The maximum Gasteiger partial charge on any atom is 0.407 e. The average molecular weight is 650 g/mol. The summed E-state index contributed by atoms with van der Waals surface area (Å²) in [4.78, 5) is 51.5. The lowest BCUT2D eigenvalue weighted by molar-refractivity contribution is -0.149. The largest absolute Gasteiger partial charge is 0.462 e. The van der Waals surface area contributed by atoms with Crippen molar-refractivity contribution in [1.82, 2.24) is 16.0 Å². The number of allylic oxidation sites excluding steroid dienone is 2. The second-order valence-electron chi connectivity index (χ2n) is 12.0. The molecule has 3 amide bonds. The van der Waals surface area contributed by atoms with Crippen LogP contribution in [-0.4, -0.2) is 80.1 Å². The molecule has 0 saturated heterocycles. The zero-order chi connectivity index (χ0) is 34.2. The molecule has 0 aliphatic heterocycles. The summed E-state index contributed by atoms with van der Waals surface area (Å²) in [6.07, 6.45) is 3.36. The highest BCUT2D eigenvalue weighted by Gasteiger charge is 2.32. The number of benzene rings is 2. The van der Waals surface area contributed by atoms with E-state index < -0.39 is 35.5 Å². The molecule has 11 nitrogen and oxygen atoms in total. The van der Waals surface area contributed by atoms with Crippen LogP contribution in [0.25, 0.3) is 11.1 Å². The fourth-order valence-electron chi connectivity index (χ4n) is 5.35. The highest BCUT2D eigenvalue weighted by atomic mass is 16.6. The number of hydrogen-bond acceptors (Lipinski definition) is 8. The topological polar surface area (TPSA) is 152 Å². The number of carbonyl (C=O) groups excluding carboxylic acids is 4. The molecule has 3 rings (SSSR count). The van der Waals surface area contributed by atoms with Crippen LogP contribution in [-0.2, 0) is 28.6 Å². The number of alkyl carbamates (subject to hydrolysis) is 1. The van der Waals surface area contributed by atoms with Crippen LogP contribution in [0.1, 0.15) is 56.6 Å². The summed E-state index contributed by atoms with van der Waals surface area (Å²) in [5, 5.41) is 16.9. The summed E-state index contributed by atoms with van der Waals surface area (Å²) in [6.45, 7) is 11.3. The van der Waals surface area contributed by atoms with Crippen LogP contribution in [0.5, 0.6) is 0 Å². The van der Waals surface area contributed by atoms with Crippen molar-refractivity contribution in [3.05, 3.63) is 85.0 Å². The Bertz CT molecular complexity index is 1350. The van der Waals surface area contributed by atoms with E-state index in [4.69, 9.17) is 19.3 Å². The van der Waals surface area contributed by atoms with Gasteiger partial charge in [-0.25, -0.2) is 9.59 Å². The van der Waals surface area contributed by atoms with Gasteiger partial charge < -0.3 is 35.3 Å². The summed E-state index contributed by atoms with van der Waals surface area (Å²) in [5.41, 5.74) is 3.40. The third-order valence-electron chi connectivity index (χ3n) is 7.67. The number of fused-ring (bicyclic) bond motifs is 3. The molecule has 2 aromatic carbocycles. The average Bonchev–Trinajstić information content (AvgIpc) is 3.37. The second kappa shape index (κ2) is 18.6. The zero-order valence-electron chi connectivity index (χ0n) is 27.3. The number of nitrogens with one attached hydrogen (secondary N) is 3. The van der Waals surface area contributed by atoms with Gasteiger partial charge in [-0.1, -0.05) is 60.7 Å². The molecular weight excluding hydrogens is 602 g/mol. The van der Waals surface area contributed by atoms with E-state index in [0.29, 0.717) is 6.42 Å². The maximum absolute atomic E-state index is 13.1. The van der Waals surface area contributed by atoms with Crippen LogP contribution < -0.4 is 16.0 Å². The molecule has 2 aromatic rings. The molecule has 1 aliphatic carbocycles. The van der Waals surface area contributed by atoms with Gasteiger partial charge in [-0.15, -0.1) is 13.2 Å². The smallest absolute Gasteiger partial charge is 0.407 e. The number of esters is 1. The number of aliphatic hydroxyl groups is 1. The molecule has 0 radical (unpaired) electrons. The molecule has 47 heavy (non-hydrogen) atoms. The first-order chi connectivity index (χ1) is 22.6. The molecule has 0 fully saturated rings. The fraction of sp³-hybridized carbons (Fsp3) is 0.444.